The minimum absolute atomic E-state index is 0.141. The molecule has 0 amide bonds. The van der Waals surface area contributed by atoms with E-state index in [-0.39, 0.29) is 5.75 Å². The zero-order valence-electron chi connectivity index (χ0n) is 9.88. The normalized spacial score (nSPS) is 10.9. The van der Waals surface area contributed by atoms with Crippen LogP contribution < -0.4 is 0 Å². The molecule has 0 aliphatic rings. The predicted octanol–water partition coefficient (Wildman–Crippen LogP) is 4.42. The molecule has 0 fully saturated rings. The van der Waals surface area contributed by atoms with Crippen molar-refractivity contribution in [3.05, 3.63) is 53.6 Å². The summed E-state index contributed by atoms with van der Waals surface area (Å²) >= 11 is 0. The monoisotopic (exact) mass is 226 g/mol. The lowest BCUT2D eigenvalue weighted by Gasteiger charge is -2.02. The maximum atomic E-state index is 9.57. The lowest BCUT2D eigenvalue weighted by atomic mass is 10.1. The first-order chi connectivity index (χ1) is 8.18. The van der Waals surface area contributed by atoms with E-state index in [1.165, 1.54) is 0 Å². The molecule has 0 unspecified atom stereocenters. The minimum atomic E-state index is 0.141. The fourth-order valence-electron chi connectivity index (χ4n) is 1.62. The first-order valence-electron chi connectivity index (χ1n) is 5.44. The zero-order chi connectivity index (χ0) is 12.3. The zero-order valence-corrected chi connectivity index (χ0v) is 9.88. The molecule has 0 spiro atoms. The van der Waals surface area contributed by atoms with Gasteiger partial charge in [0.25, 0.3) is 0 Å². The van der Waals surface area contributed by atoms with Crippen molar-refractivity contribution in [2.45, 2.75) is 13.8 Å². The van der Waals surface area contributed by atoms with Gasteiger partial charge < -0.3 is 5.11 Å². The summed E-state index contributed by atoms with van der Waals surface area (Å²) < 4.78 is 0. The highest BCUT2D eigenvalue weighted by Gasteiger charge is 2.01. The maximum Gasteiger partial charge on any atom is 0.143 e. The molecule has 0 bridgehead atoms. The van der Waals surface area contributed by atoms with Gasteiger partial charge in [-0.1, -0.05) is 30.3 Å². The predicted molar refractivity (Wildman–Crippen MR) is 68.2 cm³/mol. The Kier molecular flexibility index (Phi) is 3.19. The number of phenolic OH excluding ortho intramolecular Hbond substituents is 1. The molecule has 0 aliphatic heterocycles. The Morgan fingerprint density at radius 3 is 2.12 bits per heavy atom. The Labute approximate surface area is 100 Å². The first kappa shape index (κ1) is 11.3. The first-order valence-corrected chi connectivity index (χ1v) is 5.44. The number of hydrogen-bond acceptors (Lipinski definition) is 3. The van der Waals surface area contributed by atoms with Gasteiger partial charge in [0.05, 0.1) is 5.69 Å². The van der Waals surface area contributed by atoms with Crippen molar-refractivity contribution < 1.29 is 5.11 Å². The molecule has 86 valence electrons. The third kappa shape index (κ3) is 2.50. The molecule has 2 aromatic carbocycles. The van der Waals surface area contributed by atoms with E-state index < -0.39 is 0 Å². The van der Waals surface area contributed by atoms with Crippen molar-refractivity contribution in [3.8, 4) is 5.75 Å². The van der Waals surface area contributed by atoms with Crippen molar-refractivity contribution in [1.29, 1.82) is 0 Å². The lowest BCUT2D eigenvalue weighted by molar-refractivity contribution is 0.476. The highest BCUT2D eigenvalue weighted by molar-refractivity contribution is 5.54. The van der Waals surface area contributed by atoms with Crippen LogP contribution in [0.2, 0.25) is 0 Å². The second kappa shape index (κ2) is 4.78. The lowest BCUT2D eigenvalue weighted by Crippen LogP contribution is -1.78. The second-order valence-corrected chi connectivity index (χ2v) is 3.93. The van der Waals surface area contributed by atoms with E-state index in [4.69, 9.17) is 0 Å². The van der Waals surface area contributed by atoms with E-state index in [0.29, 0.717) is 5.69 Å². The van der Waals surface area contributed by atoms with E-state index in [1.54, 1.807) is 18.2 Å². The van der Waals surface area contributed by atoms with Crippen molar-refractivity contribution >= 4 is 11.4 Å². The highest BCUT2D eigenvalue weighted by Crippen LogP contribution is 2.29. The number of azo groups is 1. The molecule has 0 radical (unpaired) electrons. The SMILES string of the molecule is Cc1cccc(C)c1N=Nc1ccccc1O. The fraction of sp³-hybridized carbons (Fsp3) is 0.143. The number of hydrogen-bond donors (Lipinski definition) is 1. The van der Waals surface area contributed by atoms with Crippen LogP contribution in [0.15, 0.2) is 52.7 Å². The van der Waals surface area contributed by atoms with Crippen molar-refractivity contribution in [1.82, 2.24) is 0 Å². The molecule has 1 N–H and O–H groups in total. The molecule has 0 saturated carbocycles. The van der Waals surface area contributed by atoms with Gasteiger partial charge >= 0.3 is 0 Å². The summed E-state index contributed by atoms with van der Waals surface area (Å²) in [4.78, 5) is 0. The van der Waals surface area contributed by atoms with E-state index in [9.17, 15) is 5.11 Å². The van der Waals surface area contributed by atoms with Gasteiger partial charge in [-0.25, -0.2) is 0 Å². The third-order valence-corrected chi connectivity index (χ3v) is 2.58. The average Bonchev–Trinajstić information content (AvgIpc) is 2.30. The summed E-state index contributed by atoms with van der Waals surface area (Å²) in [7, 11) is 0. The van der Waals surface area contributed by atoms with Crippen LogP contribution >= 0.6 is 0 Å². The Hall–Kier alpha value is -2.16. The van der Waals surface area contributed by atoms with Crippen LogP contribution in [-0.2, 0) is 0 Å². The average molecular weight is 226 g/mol. The van der Waals surface area contributed by atoms with Crippen LogP contribution in [0.3, 0.4) is 0 Å². The minimum Gasteiger partial charge on any atom is -0.506 e. The maximum absolute atomic E-state index is 9.57. The summed E-state index contributed by atoms with van der Waals surface area (Å²) in [5.41, 5.74) is 3.49. The number of aromatic hydroxyl groups is 1. The summed E-state index contributed by atoms with van der Waals surface area (Å²) in [5, 5.41) is 17.8. The Morgan fingerprint density at radius 2 is 1.47 bits per heavy atom. The molecule has 2 aromatic rings. The van der Waals surface area contributed by atoms with Crippen LogP contribution in [0.5, 0.6) is 5.75 Å². The second-order valence-electron chi connectivity index (χ2n) is 3.93. The van der Waals surface area contributed by atoms with Gasteiger partial charge in [0.2, 0.25) is 0 Å². The van der Waals surface area contributed by atoms with Gasteiger partial charge in [-0.2, -0.15) is 0 Å². The van der Waals surface area contributed by atoms with E-state index in [0.717, 1.165) is 16.8 Å². The van der Waals surface area contributed by atoms with E-state index >= 15 is 0 Å². The number of nitrogens with zero attached hydrogens (tertiary/aromatic N) is 2. The topological polar surface area (TPSA) is 45.0 Å². The molecule has 17 heavy (non-hydrogen) atoms. The van der Waals surface area contributed by atoms with Gasteiger partial charge in [0.1, 0.15) is 11.4 Å². The molecular formula is C14H14N2O. The third-order valence-electron chi connectivity index (χ3n) is 2.58. The molecule has 0 aliphatic carbocycles. The molecule has 0 aromatic heterocycles. The van der Waals surface area contributed by atoms with Crippen molar-refractivity contribution in [2.75, 3.05) is 0 Å². The summed E-state index contributed by atoms with van der Waals surface area (Å²) in [6.45, 7) is 3.98. The number of aryl methyl sites for hydroxylation is 2. The van der Waals surface area contributed by atoms with E-state index in [1.807, 2.05) is 38.1 Å². The van der Waals surface area contributed by atoms with Crippen LogP contribution in [0.25, 0.3) is 0 Å². The fourth-order valence-corrected chi connectivity index (χ4v) is 1.62. The van der Waals surface area contributed by atoms with Crippen LogP contribution in [0.1, 0.15) is 11.1 Å². The molecule has 0 heterocycles. The Morgan fingerprint density at radius 1 is 0.824 bits per heavy atom. The van der Waals surface area contributed by atoms with Crippen LogP contribution in [-0.4, -0.2) is 5.11 Å². The smallest absolute Gasteiger partial charge is 0.143 e. The summed E-state index contributed by atoms with van der Waals surface area (Å²) in [6.07, 6.45) is 0. The molecule has 3 nitrogen and oxygen atoms in total. The van der Waals surface area contributed by atoms with Crippen molar-refractivity contribution in [2.24, 2.45) is 10.2 Å². The highest BCUT2D eigenvalue weighted by atomic mass is 16.3. The van der Waals surface area contributed by atoms with Gasteiger partial charge in [-0.15, -0.1) is 10.2 Å². The number of rotatable bonds is 2. The van der Waals surface area contributed by atoms with Gasteiger partial charge in [-0.3, -0.25) is 0 Å². The molecule has 0 atom stereocenters. The van der Waals surface area contributed by atoms with Gasteiger partial charge in [0, 0.05) is 0 Å². The molecule has 3 heteroatoms. The Balaban J connectivity index is 2.36. The molecule has 2 rings (SSSR count). The molecular weight excluding hydrogens is 212 g/mol. The number of phenols is 1. The van der Waals surface area contributed by atoms with Crippen LogP contribution in [0, 0.1) is 13.8 Å². The molecule has 0 saturated heterocycles. The largest absolute Gasteiger partial charge is 0.506 e. The van der Waals surface area contributed by atoms with E-state index in [2.05, 4.69) is 10.2 Å². The van der Waals surface area contributed by atoms with Gasteiger partial charge in [-0.05, 0) is 37.1 Å². The number of benzene rings is 2. The van der Waals surface area contributed by atoms with Crippen molar-refractivity contribution in [3.63, 3.8) is 0 Å². The standard InChI is InChI=1S/C14H14N2O/c1-10-6-5-7-11(2)14(10)16-15-12-8-3-4-9-13(12)17/h3-9,17H,1-2H3. The van der Waals surface area contributed by atoms with Crippen LogP contribution in [0.4, 0.5) is 11.4 Å². The summed E-state index contributed by atoms with van der Waals surface area (Å²) in [6, 6.07) is 12.9. The quantitative estimate of drug-likeness (QED) is 0.756. The number of para-hydroxylation sites is 1. The Bertz CT molecular complexity index is 542. The van der Waals surface area contributed by atoms with Gasteiger partial charge in [0.15, 0.2) is 0 Å². The summed E-state index contributed by atoms with van der Waals surface area (Å²) in [5.74, 6) is 0.141.